The Balaban J connectivity index is 1.59. The molecule has 3 heterocycles. The first-order valence-corrected chi connectivity index (χ1v) is 16.4. The van der Waals surface area contributed by atoms with Crippen LogP contribution in [0.1, 0.15) is 74.0 Å². The van der Waals surface area contributed by atoms with Gasteiger partial charge in [-0.1, -0.05) is 38.0 Å². The van der Waals surface area contributed by atoms with Crippen molar-refractivity contribution in [3.63, 3.8) is 0 Å². The second-order valence-corrected chi connectivity index (χ2v) is 14.5. The first-order chi connectivity index (χ1) is 20.6. The highest BCUT2D eigenvalue weighted by molar-refractivity contribution is 7.52. The third kappa shape index (κ3) is 8.07. The molecule has 44 heavy (non-hydrogen) atoms. The fraction of sp³-hybridized carbons (Fsp3) is 0.633. The fourth-order valence-corrected chi connectivity index (χ4v) is 6.82. The minimum Gasteiger partial charge on any atom is -0.464 e. The molecule has 244 valence electrons. The Morgan fingerprint density at radius 1 is 1.20 bits per heavy atom. The number of carbonyl (C=O) groups is 1. The zero-order valence-electron chi connectivity index (χ0n) is 26.5. The molecule has 0 radical (unpaired) electrons. The number of para-hydroxylation sites is 1. The summed E-state index contributed by atoms with van der Waals surface area (Å²) in [5.41, 5.74) is 3.27. The summed E-state index contributed by atoms with van der Waals surface area (Å²) in [4.78, 5) is 29.1. The van der Waals surface area contributed by atoms with E-state index in [1.165, 1.54) is 16.8 Å². The Kier molecular flexibility index (Phi) is 10.3. The Morgan fingerprint density at radius 3 is 2.55 bits per heavy atom. The van der Waals surface area contributed by atoms with Gasteiger partial charge in [-0.25, -0.2) is 14.4 Å². The molecule has 2 saturated heterocycles. The molecule has 0 amide bonds. The van der Waals surface area contributed by atoms with Crippen LogP contribution in [0.4, 0.5) is 5.82 Å². The predicted octanol–water partition coefficient (Wildman–Crippen LogP) is 4.57. The van der Waals surface area contributed by atoms with Crippen LogP contribution in [0.15, 0.2) is 47.4 Å². The fourth-order valence-electron chi connectivity index (χ4n) is 5.25. The van der Waals surface area contributed by atoms with Crippen LogP contribution in [0.25, 0.3) is 0 Å². The topological polar surface area (TPSA) is 162 Å². The van der Waals surface area contributed by atoms with Gasteiger partial charge in [-0.3, -0.25) is 13.9 Å². The Bertz CT molecular complexity index is 1400. The van der Waals surface area contributed by atoms with Crippen LogP contribution in [-0.2, 0) is 32.8 Å². The number of anilines is 1. The van der Waals surface area contributed by atoms with Gasteiger partial charge in [0.25, 0.3) is 0 Å². The van der Waals surface area contributed by atoms with E-state index in [-0.39, 0.29) is 25.0 Å². The molecule has 2 aliphatic rings. The lowest BCUT2D eigenvalue weighted by Crippen LogP contribution is -2.45. The zero-order chi connectivity index (χ0) is 32.3. The number of nitrogens with two attached hydrogens (primary N) is 1. The molecule has 0 saturated carbocycles. The van der Waals surface area contributed by atoms with Crippen LogP contribution >= 0.6 is 7.75 Å². The van der Waals surface area contributed by atoms with Crippen molar-refractivity contribution >= 4 is 19.5 Å². The summed E-state index contributed by atoms with van der Waals surface area (Å²) in [7, 11) is -4.10. The van der Waals surface area contributed by atoms with E-state index in [1.54, 1.807) is 65.8 Å². The van der Waals surface area contributed by atoms with E-state index in [1.807, 2.05) is 13.0 Å². The summed E-state index contributed by atoms with van der Waals surface area (Å²) in [5, 5.41) is 3.02. The lowest BCUT2D eigenvalue weighted by Gasteiger charge is -2.30. The number of carbonyl (C=O) groups excluding carboxylic acids is 1. The SMILES string of the molecule is CCCCC(COC(=O)C(C)(C)C)NP(=O)(OC[C@H]1O[C@@H](n2ccc(N)nc2=O)[C@]2(C)OC(C)(C)O[C@H]12)Oc1ccccc1. The van der Waals surface area contributed by atoms with Gasteiger partial charge in [0.05, 0.1) is 18.1 Å². The molecule has 2 aliphatic heterocycles. The maximum absolute atomic E-state index is 14.4. The third-order valence-corrected chi connectivity index (χ3v) is 8.95. The number of aromatic nitrogens is 2. The molecule has 1 aromatic carbocycles. The summed E-state index contributed by atoms with van der Waals surface area (Å²) in [6.45, 7) is 12.4. The molecule has 1 aromatic heterocycles. The van der Waals surface area contributed by atoms with Gasteiger partial charge in [0.15, 0.2) is 12.0 Å². The molecule has 2 fully saturated rings. The number of benzene rings is 1. The number of ether oxygens (including phenoxy) is 4. The van der Waals surface area contributed by atoms with E-state index in [2.05, 4.69) is 10.1 Å². The van der Waals surface area contributed by atoms with Gasteiger partial charge in [0.2, 0.25) is 0 Å². The lowest BCUT2D eigenvalue weighted by atomic mass is 9.96. The molecule has 14 heteroatoms. The molecule has 2 unspecified atom stereocenters. The van der Waals surface area contributed by atoms with E-state index in [4.69, 9.17) is 33.7 Å². The highest BCUT2D eigenvalue weighted by Gasteiger charge is 2.64. The predicted molar refractivity (Wildman–Crippen MR) is 163 cm³/mol. The number of esters is 1. The average Bonchev–Trinajstić information content (AvgIpc) is 3.33. The summed E-state index contributed by atoms with van der Waals surface area (Å²) < 4.78 is 52.0. The van der Waals surface area contributed by atoms with Gasteiger partial charge in [0, 0.05) is 6.20 Å². The van der Waals surface area contributed by atoms with Crippen molar-refractivity contribution < 1.29 is 37.4 Å². The molecule has 13 nitrogen and oxygen atoms in total. The number of unbranched alkanes of at least 4 members (excludes halogenated alkanes) is 1. The monoisotopic (exact) mass is 636 g/mol. The van der Waals surface area contributed by atoms with E-state index >= 15 is 0 Å². The number of nitrogens with zero attached hydrogens (tertiary/aromatic N) is 2. The highest BCUT2D eigenvalue weighted by Crippen LogP contribution is 2.52. The molecule has 3 N–H and O–H groups in total. The maximum Gasteiger partial charge on any atom is 0.459 e. The standard InChI is InChI=1S/C30H45N4O9P/c1-8-9-13-20(18-38-26(35)28(2,3)4)33-44(37,42-21-14-11-10-12-15-21)39-19-22-24-30(7,43-29(5,6)41-24)25(40-22)34-17-16-23(31)32-27(34)36/h10-12,14-17,20,22,24-25H,8-9,13,18-19H2,1-7H3,(H,33,37)(H2,31,32,36)/t20?,22-,24-,25-,30-,44?/m1/s1. The second-order valence-electron chi connectivity index (χ2n) is 12.8. The second kappa shape index (κ2) is 13.3. The van der Waals surface area contributed by atoms with Crippen LogP contribution in [0.2, 0.25) is 0 Å². The Labute approximate surface area is 258 Å². The van der Waals surface area contributed by atoms with Gasteiger partial charge >= 0.3 is 19.4 Å². The smallest absolute Gasteiger partial charge is 0.459 e. The molecule has 4 rings (SSSR count). The van der Waals surface area contributed by atoms with Crippen LogP contribution < -0.4 is 21.0 Å². The van der Waals surface area contributed by atoms with Gasteiger partial charge in [-0.2, -0.15) is 4.98 Å². The Hall–Kier alpha value is -2.80. The van der Waals surface area contributed by atoms with E-state index in [0.717, 1.165) is 12.8 Å². The maximum atomic E-state index is 14.4. The molecule has 0 bridgehead atoms. The van der Waals surface area contributed by atoms with Gasteiger partial charge < -0.3 is 29.2 Å². The molecule has 0 aliphatic carbocycles. The van der Waals surface area contributed by atoms with Crippen molar-refractivity contribution in [2.75, 3.05) is 18.9 Å². The number of nitrogen functional groups attached to an aromatic ring is 1. The number of hydrogen-bond acceptors (Lipinski definition) is 11. The van der Waals surface area contributed by atoms with Crippen molar-refractivity contribution in [2.24, 2.45) is 5.41 Å². The van der Waals surface area contributed by atoms with Crippen LogP contribution in [0, 0.1) is 5.41 Å². The van der Waals surface area contributed by atoms with Crippen LogP contribution in [-0.4, -0.2) is 58.4 Å². The van der Waals surface area contributed by atoms with Crippen molar-refractivity contribution in [2.45, 2.75) is 104 Å². The third-order valence-electron chi connectivity index (χ3n) is 7.33. The number of nitrogens with one attached hydrogen (secondary N) is 1. The van der Waals surface area contributed by atoms with Crippen molar-refractivity contribution in [3.8, 4) is 5.75 Å². The normalized spacial score (nSPS) is 26.5. The first kappa shape index (κ1) is 34.1. The summed E-state index contributed by atoms with van der Waals surface area (Å²) in [6.07, 6.45) is 1.23. The number of fused-ring (bicyclic) bond motifs is 1. The van der Waals surface area contributed by atoms with E-state index < -0.39 is 54.7 Å². The van der Waals surface area contributed by atoms with Gasteiger partial charge in [-0.15, -0.1) is 0 Å². The highest BCUT2D eigenvalue weighted by atomic mass is 31.2. The van der Waals surface area contributed by atoms with Crippen LogP contribution in [0.3, 0.4) is 0 Å². The van der Waals surface area contributed by atoms with Crippen LogP contribution in [0.5, 0.6) is 5.75 Å². The van der Waals surface area contributed by atoms with E-state index in [0.29, 0.717) is 12.2 Å². The first-order valence-electron chi connectivity index (χ1n) is 14.9. The minimum atomic E-state index is -4.10. The largest absolute Gasteiger partial charge is 0.464 e. The summed E-state index contributed by atoms with van der Waals surface area (Å²) in [5.74, 6) is -0.987. The average molecular weight is 637 g/mol. The summed E-state index contributed by atoms with van der Waals surface area (Å²) >= 11 is 0. The van der Waals surface area contributed by atoms with Crippen molar-refractivity contribution in [1.82, 2.24) is 14.6 Å². The minimum absolute atomic E-state index is 0.0253. The van der Waals surface area contributed by atoms with Gasteiger partial charge in [0.1, 0.15) is 36.0 Å². The molecule has 6 atom stereocenters. The summed E-state index contributed by atoms with van der Waals surface area (Å²) in [6, 6.07) is 9.59. The molecule has 2 aromatic rings. The zero-order valence-corrected chi connectivity index (χ0v) is 27.4. The number of hydrogen-bond donors (Lipinski definition) is 2. The molecular formula is C30H45N4O9P. The van der Waals surface area contributed by atoms with Gasteiger partial charge in [-0.05, 0) is 66.2 Å². The molecule has 0 spiro atoms. The molecular weight excluding hydrogens is 591 g/mol. The lowest BCUT2D eigenvalue weighted by molar-refractivity contribution is -0.217. The number of rotatable bonds is 13. The van der Waals surface area contributed by atoms with Crippen molar-refractivity contribution in [1.29, 1.82) is 0 Å². The quantitative estimate of drug-likeness (QED) is 0.233. The van der Waals surface area contributed by atoms with E-state index in [9.17, 15) is 14.2 Å². The van der Waals surface area contributed by atoms with Crippen molar-refractivity contribution in [3.05, 3.63) is 53.1 Å². The Morgan fingerprint density at radius 2 is 1.91 bits per heavy atom.